The molecular weight excluding hydrogens is 388 g/mol. The smallest absolute Gasteiger partial charge is 0.253 e. The maximum absolute atomic E-state index is 13.0. The Morgan fingerprint density at radius 3 is 2.48 bits per heavy atom. The van der Waals surface area contributed by atoms with E-state index in [4.69, 9.17) is 11.6 Å². The van der Waals surface area contributed by atoms with Crippen LogP contribution in [0.25, 0.3) is 0 Å². The minimum Gasteiger partial charge on any atom is -0.390 e. The molecule has 152 valence electrons. The van der Waals surface area contributed by atoms with Crippen molar-refractivity contribution in [3.8, 4) is 0 Å². The van der Waals surface area contributed by atoms with Crippen molar-refractivity contribution in [3.63, 3.8) is 0 Å². The topological polar surface area (TPSA) is 71.3 Å². The van der Waals surface area contributed by atoms with Gasteiger partial charge in [-0.2, -0.15) is 0 Å². The van der Waals surface area contributed by atoms with Crippen LogP contribution in [-0.2, 0) is 7.05 Å². The van der Waals surface area contributed by atoms with Crippen molar-refractivity contribution in [1.82, 2.24) is 9.88 Å². The van der Waals surface area contributed by atoms with Crippen molar-refractivity contribution in [2.45, 2.75) is 43.7 Å². The Kier molecular flexibility index (Phi) is 4.37. The second-order valence-electron chi connectivity index (χ2n) is 9.22. The van der Waals surface area contributed by atoms with E-state index in [1.807, 2.05) is 19.3 Å². The second-order valence-corrected chi connectivity index (χ2v) is 9.63. The van der Waals surface area contributed by atoms with E-state index in [1.165, 1.54) is 0 Å². The molecule has 4 fully saturated rings. The number of amides is 1. The second kappa shape index (κ2) is 6.71. The summed E-state index contributed by atoms with van der Waals surface area (Å²) < 4.78 is 1.76. The molecule has 4 saturated carbocycles. The standard InChI is InChI=1S/C23H25ClN2O3/c1-26-6-2-3-19(26)21(27)14-4-5-17(18(24)9-14)22(28)25-20-15-7-13-8-16(20)12-23(29,10-13)11-15/h2-6,9,13,15-16,20,29H,7-8,10-12H2,1H3,(H,25,28)/t13?,15?,16?,20-,23-. The third-order valence-electron chi connectivity index (χ3n) is 7.19. The number of benzene rings is 1. The molecule has 4 aliphatic carbocycles. The predicted molar refractivity (Wildman–Crippen MR) is 110 cm³/mol. The van der Waals surface area contributed by atoms with Gasteiger partial charge in [0.05, 0.1) is 21.9 Å². The van der Waals surface area contributed by atoms with Crippen molar-refractivity contribution in [1.29, 1.82) is 0 Å². The zero-order chi connectivity index (χ0) is 20.3. The molecule has 1 aromatic carbocycles. The molecule has 5 nitrogen and oxygen atoms in total. The Hall–Kier alpha value is -2.11. The molecule has 2 N–H and O–H groups in total. The zero-order valence-electron chi connectivity index (χ0n) is 16.4. The van der Waals surface area contributed by atoms with Crippen LogP contribution in [0.2, 0.25) is 5.02 Å². The first-order chi connectivity index (χ1) is 13.8. The first-order valence-electron chi connectivity index (χ1n) is 10.3. The number of carbonyl (C=O) groups is 2. The summed E-state index contributed by atoms with van der Waals surface area (Å²) in [6.45, 7) is 0. The van der Waals surface area contributed by atoms with Crippen molar-refractivity contribution < 1.29 is 14.7 Å². The van der Waals surface area contributed by atoms with E-state index in [1.54, 1.807) is 28.8 Å². The number of nitrogens with zero attached hydrogens (tertiary/aromatic N) is 1. The molecule has 6 rings (SSSR count). The van der Waals surface area contributed by atoms with Crippen LogP contribution in [0.4, 0.5) is 0 Å². The number of aryl methyl sites for hydroxylation is 1. The summed E-state index contributed by atoms with van der Waals surface area (Å²) in [5.41, 5.74) is 0.909. The Morgan fingerprint density at radius 2 is 1.90 bits per heavy atom. The van der Waals surface area contributed by atoms with E-state index >= 15 is 0 Å². The minimum atomic E-state index is -0.520. The van der Waals surface area contributed by atoms with Crippen molar-refractivity contribution >= 4 is 23.3 Å². The highest BCUT2D eigenvalue weighted by atomic mass is 35.5. The van der Waals surface area contributed by atoms with Gasteiger partial charge in [0.1, 0.15) is 0 Å². The molecule has 29 heavy (non-hydrogen) atoms. The van der Waals surface area contributed by atoms with E-state index in [2.05, 4.69) is 5.32 Å². The molecule has 1 aromatic heterocycles. The molecule has 6 heteroatoms. The maximum Gasteiger partial charge on any atom is 0.253 e. The van der Waals surface area contributed by atoms with Gasteiger partial charge in [0.25, 0.3) is 5.91 Å². The summed E-state index contributed by atoms with van der Waals surface area (Å²) >= 11 is 6.40. The Labute approximate surface area is 175 Å². The SMILES string of the molecule is Cn1cccc1C(=O)c1ccc(C(=O)N[C@H]2C3CC4CC2C[C@](O)(C4)C3)c(Cl)c1. The van der Waals surface area contributed by atoms with E-state index < -0.39 is 5.60 Å². The lowest BCUT2D eigenvalue weighted by atomic mass is 9.52. The molecule has 1 heterocycles. The Bertz CT molecular complexity index is 982. The predicted octanol–water partition coefficient (Wildman–Crippen LogP) is 3.58. The van der Waals surface area contributed by atoms with Gasteiger partial charge in [-0.3, -0.25) is 9.59 Å². The number of aliphatic hydroxyl groups is 1. The number of hydrogen-bond donors (Lipinski definition) is 2. The average Bonchev–Trinajstić information content (AvgIpc) is 3.08. The molecule has 1 amide bonds. The van der Waals surface area contributed by atoms with Crippen molar-refractivity contribution in [2.75, 3.05) is 0 Å². The monoisotopic (exact) mass is 412 g/mol. The lowest BCUT2D eigenvalue weighted by Crippen LogP contribution is -2.61. The molecule has 2 aromatic rings. The number of ketones is 1. The highest BCUT2D eigenvalue weighted by molar-refractivity contribution is 6.34. The van der Waals surface area contributed by atoms with Crippen molar-refractivity contribution in [2.24, 2.45) is 24.8 Å². The van der Waals surface area contributed by atoms with Gasteiger partial charge in [-0.1, -0.05) is 17.7 Å². The van der Waals surface area contributed by atoms with Gasteiger partial charge in [0.2, 0.25) is 5.78 Å². The van der Waals surface area contributed by atoms with Crippen LogP contribution in [0.5, 0.6) is 0 Å². The van der Waals surface area contributed by atoms with Crippen LogP contribution in [0.15, 0.2) is 36.5 Å². The van der Waals surface area contributed by atoms with Crippen LogP contribution >= 0.6 is 11.6 Å². The number of carbonyl (C=O) groups excluding carboxylic acids is 2. The fourth-order valence-corrected chi connectivity index (χ4v) is 6.40. The van der Waals surface area contributed by atoms with Gasteiger partial charge in [-0.25, -0.2) is 0 Å². The van der Waals surface area contributed by atoms with Crippen LogP contribution in [0.3, 0.4) is 0 Å². The molecule has 0 spiro atoms. The van der Waals surface area contributed by atoms with Crippen LogP contribution < -0.4 is 5.32 Å². The first kappa shape index (κ1) is 18.9. The fourth-order valence-electron chi connectivity index (χ4n) is 6.13. The molecule has 4 bridgehead atoms. The Balaban J connectivity index is 1.33. The summed E-state index contributed by atoms with van der Waals surface area (Å²) in [7, 11) is 1.82. The molecule has 0 radical (unpaired) electrons. The molecular formula is C23H25ClN2O3. The molecule has 2 unspecified atom stereocenters. The van der Waals surface area contributed by atoms with E-state index in [-0.39, 0.29) is 22.8 Å². The first-order valence-corrected chi connectivity index (χ1v) is 10.7. The van der Waals surface area contributed by atoms with Gasteiger partial charge in [0, 0.05) is 24.8 Å². The van der Waals surface area contributed by atoms with Gasteiger partial charge >= 0.3 is 0 Å². The zero-order valence-corrected chi connectivity index (χ0v) is 17.2. The van der Waals surface area contributed by atoms with Crippen LogP contribution in [-0.4, -0.2) is 33.0 Å². The average molecular weight is 413 g/mol. The number of nitrogens with one attached hydrogen (secondary N) is 1. The summed E-state index contributed by atoms with van der Waals surface area (Å²) in [6.07, 6.45) is 6.47. The normalized spacial score (nSPS) is 32.4. The minimum absolute atomic E-state index is 0.0973. The Morgan fingerprint density at radius 1 is 1.17 bits per heavy atom. The van der Waals surface area contributed by atoms with Crippen LogP contribution in [0.1, 0.15) is 58.5 Å². The molecule has 0 saturated heterocycles. The largest absolute Gasteiger partial charge is 0.390 e. The fraction of sp³-hybridized carbons (Fsp3) is 0.478. The van der Waals surface area contributed by atoms with Crippen LogP contribution in [0, 0.1) is 17.8 Å². The number of halogens is 1. The third kappa shape index (κ3) is 3.21. The summed E-state index contributed by atoms with van der Waals surface area (Å²) in [4.78, 5) is 25.6. The van der Waals surface area contributed by atoms with Gasteiger partial charge < -0.3 is 15.0 Å². The van der Waals surface area contributed by atoms with E-state index in [0.29, 0.717) is 34.6 Å². The van der Waals surface area contributed by atoms with E-state index in [0.717, 1.165) is 32.1 Å². The summed E-state index contributed by atoms with van der Waals surface area (Å²) in [5, 5.41) is 14.2. The quantitative estimate of drug-likeness (QED) is 0.754. The van der Waals surface area contributed by atoms with Crippen molar-refractivity contribution in [3.05, 3.63) is 58.4 Å². The maximum atomic E-state index is 13.0. The third-order valence-corrected chi connectivity index (χ3v) is 7.50. The lowest BCUT2D eigenvalue weighted by Gasteiger charge is -2.58. The van der Waals surface area contributed by atoms with Gasteiger partial charge in [0.15, 0.2) is 0 Å². The molecule has 4 aliphatic rings. The van der Waals surface area contributed by atoms with Gasteiger partial charge in [-0.05, 0) is 74.1 Å². The summed E-state index contributed by atoms with van der Waals surface area (Å²) in [5.74, 6) is 0.953. The number of aromatic nitrogens is 1. The van der Waals surface area contributed by atoms with E-state index in [9.17, 15) is 14.7 Å². The van der Waals surface area contributed by atoms with Gasteiger partial charge in [-0.15, -0.1) is 0 Å². The lowest BCUT2D eigenvalue weighted by molar-refractivity contribution is -0.136. The number of rotatable bonds is 4. The molecule has 0 aliphatic heterocycles. The molecule has 2 atom stereocenters. The highest BCUT2D eigenvalue weighted by Gasteiger charge is 2.55. The highest BCUT2D eigenvalue weighted by Crippen LogP contribution is 2.55. The summed E-state index contributed by atoms with van der Waals surface area (Å²) in [6, 6.07) is 8.55. The number of hydrogen-bond acceptors (Lipinski definition) is 3.